The van der Waals surface area contributed by atoms with Crippen LogP contribution in [0.1, 0.15) is 90.9 Å². The van der Waals surface area contributed by atoms with E-state index in [1.165, 1.54) is 64.2 Å². The van der Waals surface area contributed by atoms with Gasteiger partial charge in [0.05, 0.1) is 0 Å². The van der Waals surface area contributed by atoms with Crippen molar-refractivity contribution in [3.63, 3.8) is 0 Å². The molecule has 0 aromatic heterocycles. The third-order valence-electron chi connectivity index (χ3n) is 3.78. The first-order valence-electron chi connectivity index (χ1n) is 8.09. The standard InChI is InChI=1S/C16H31Cl3/c1-3-5-7-9-10-12-14-15(16(17,18)19)13-11-8-6-4-2/h15H,3-14H2,1-2H3. The van der Waals surface area contributed by atoms with E-state index in [-0.39, 0.29) is 5.92 Å². The van der Waals surface area contributed by atoms with Gasteiger partial charge in [-0.25, -0.2) is 0 Å². The third-order valence-corrected chi connectivity index (χ3v) is 4.70. The van der Waals surface area contributed by atoms with Crippen molar-refractivity contribution in [1.82, 2.24) is 0 Å². The summed E-state index contributed by atoms with van der Waals surface area (Å²) < 4.78 is -1.07. The topological polar surface area (TPSA) is 0 Å². The molecule has 0 spiro atoms. The zero-order valence-corrected chi connectivity index (χ0v) is 15.0. The van der Waals surface area contributed by atoms with Gasteiger partial charge in [0.2, 0.25) is 0 Å². The molecule has 0 aromatic carbocycles. The van der Waals surface area contributed by atoms with E-state index in [4.69, 9.17) is 34.8 Å². The molecule has 0 nitrogen and oxygen atoms in total. The van der Waals surface area contributed by atoms with Gasteiger partial charge in [-0.1, -0.05) is 113 Å². The molecule has 0 N–H and O–H groups in total. The Morgan fingerprint density at radius 2 is 1.00 bits per heavy atom. The summed E-state index contributed by atoms with van der Waals surface area (Å²) in [5, 5.41) is 0. The van der Waals surface area contributed by atoms with Crippen LogP contribution in [0.15, 0.2) is 0 Å². The summed E-state index contributed by atoms with van der Waals surface area (Å²) in [6.07, 6.45) is 15.0. The molecule has 0 saturated carbocycles. The molecule has 0 radical (unpaired) electrons. The van der Waals surface area contributed by atoms with Gasteiger partial charge in [-0.05, 0) is 12.8 Å². The molecule has 0 fully saturated rings. The van der Waals surface area contributed by atoms with E-state index >= 15 is 0 Å². The highest BCUT2D eigenvalue weighted by molar-refractivity contribution is 6.67. The molecular weight excluding hydrogens is 299 g/mol. The second-order valence-corrected chi connectivity index (χ2v) is 8.01. The Labute approximate surface area is 135 Å². The highest BCUT2D eigenvalue weighted by atomic mass is 35.6. The van der Waals surface area contributed by atoms with Gasteiger partial charge in [-0.15, -0.1) is 0 Å². The molecule has 19 heavy (non-hydrogen) atoms. The van der Waals surface area contributed by atoms with Crippen LogP contribution in [0, 0.1) is 5.92 Å². The van der Waals surface area contributed by atoms with Gasteiger partial charge < -0.3 is 0 Å². The van der Waals surface area contributed by atoms with Gasteiger partial charge >= 0.3 is 0 Å². The molecule has 0 aromatic rings. The van der Waals surface area contributed by atoms with E-state index in [9.17, 15) is 0 Å². The number of halogens is 3. The van der Waals surface area contributed by atoms with Crippen molar-refractivity contribution in [3.8, 4) is 0 Å². The molecule has 0 rings (SSSR count). The number of unbranched alkanes of at least 4 members (excludes halogenated alkanes) is 8. The lowest BCUT2D eigenvalue weighted by atomic mass is 9.95. The normalized spacial score (nSPS) is 13.7. The molecule has 0 aliphatic carbocycles. The number of hydrogen-bond acceptors (Lipinski definition) is 0. The molecule has 3 heteroatoms. The van der Waals surface area contributed by atoms with Crippen molar-refractivity contribution in [3.05, 3.63) is 0 Å². The van der Waals surface area contributed by atoms with E-state index in [1.54, 1.807) is 0 Å². The monoisotopic (exact) mass is 328 g/mol. The van der Waals surface area contributed by atoms with Crippen molar-refractivity contribution in [2.45, 2.75) is 94.7 Å². The molecule has 1 atom stereocenters. The summed E-state index contributed by atoms with van der Waals surface area (Å²) in [6, 6.07) is 0. The Balaban J connectivity index is 3.75. The third kappa shape index (κ3) is 12.3. The summed E-state index contributed by atoms with van der Waals surface area (Å²) in [6.45, 7) is 4.47. The minimum atomic E-state index is -1.07. The quantitative estimate of drug-likeness (QED) is 0.254. The minimum absolute atomic E-state index is 0.237. The molecule has 1 unspecified atom stereocenters. The van der Waals surface area contributed by atoms with Crippen LogP contribution in [0.25, 0.3) is 0 Å². The molecule has 0 bridgehead atoms. The van der Waals surface area contributed by atoms with Crippen LogP contribution in [0.4, 0.5) is 0 Å². The summed E-state index contributed by atoms with van der Waals surface area (Å²) in [4.78, 5) is 0. The summed E-state index contributed by atoms with van der Waals surface area (Å²) in [5.41, 5.74) is 0. The maximum absolute atomic E-state index is 6.11. The molecular formula is C16H31Cl3. The van der Waals surface area contributed by atoms with Crippen LogP contribution in [0.3, 0.4) is 0 Å². The second kappa shape index (κ2) is 12.6. The fourth-order valence-electron chi connectivity index (χ4n) is 2.46. The SMILES string of the molecule is CCCCCCCCC(CCCCCC)C(Cl)(Cl)Cl. The summed E-state index contributed by atoms with van der Waals surface area (Å²) in [7, 11) is 0. The smallest absolute Gasteiger partial charge is 0.0834 e. The average molecular weight is 330 g/mol. The minimum Gasteiger partial charge on any atom is -0.0834 e. The lowest BCUT2D eigenvalue weighted by Crippen LogP contribution is -2.19. The van der Waals surface area contributed by atoms with E-state index in [0.29, 0.717) is 0 Å². The Hall–Kier alpha value is 0.870. The highest BCUT2D eigenvalue weighted by Gasteiger charge is 2.31. The van der Waals surface area contributed by atoms with Gasteiger partial charge in [0.1, 0.15) is 0 Å². The highest BCUT2D eigenvalue weighted by Crippen LogP contribution is 2.40. The van der Waals surface area contributed by atoms with Crippen molar-refractivity contribution in [1.29, 1.82) is 0 Å². The Bertz CT molecular complexity index is 187. The van der Waals surface area contributed by atoms with E-state index < -0.39 is 3.79 Å². The second-order valence-electron chi connectivity index (χ2n) is 5.64. The van der Waals surface area contributed by atoms with Crippen molar-refractivity contribution < 1.29 is 0 Å². The van der Waals surface area contributed by atoms with Crippen molar-refractivity contribution >= 4 is 34.8 Å². The van der Waals surface area contributed by atoms with Gasteiger partial charge in [0, 0.05) is 5.92 Å². The molecule has 0 aliphatic heterocycles. The first-order valence-corrected chi connectivity index (χ1v) is 9.22. The van der Waals surface area contributed by atoms with Crippen LogP contribution >= 0.6 is 34.8 Å². The fraction of sp³-hybridized carbons (Fsp3) is 1.00. The van der Waals surface area contributed by atoms with Crippen LogP contribution in [0.5, 0.6) is 0 Å². The summed E-state index contributed by atoms with van der Waals surface area (Å²) in [5.74, 6) is 0.237. The first-order chi connectivity index (χ1) is 9.02. The first kappa shape index (κ1) is 19.9. The Kier molecular flexibility index (Phi) is 13.2. The van der Waals surface area contributed by atoms with Crippen LogP contribution in [-0.4, -0.2) is 3.79 Å². The van der Waals surface area contributed by atoms with E-state index in [0.717, 1.165) is 12.8 Å². The fourth-order valence-corrected chi connectivity index (χ4v) is 3.11. The Morgan fingerprint density at radius 1 is 0.632 bits per heavy atom. The molecule has 0 aliphatic rings. The predicted molar refractivity (Wildman–Crippen MR) is 90.5 cm³/mol. The van der Waals surface area contributed by atoms with Gasteiger partial charge in [-0.3, -0.25) is 0 Å². The summed E-state index contributed by atoms with van der Waals surface area (Å²) >= 11 is 18.3. The van der Waals surface area contributed by atoms with Crippen molar-refractivity contribution in [2.75, 3.05) is 0 Å². The number of hydrogen-bond donors (Lipinski definition) is 0. The number of alkyl halides is 3. The maximum Gasteiger partial charge on any atom is 0.193 e. The lowest BCUT2D eigenvalue weighted by Gasteiger charge is -2.24. The van der Waals surface area contributed by atoms with Gasteiger partial charge in [0.15, 0.2) is 3.79 Å². The Morgan fingerprint density at radius 3 is 1.42 bits per heavy atom. The lowest BCUT2D eigenvalue weighted by molar-refractivity contribution is 0.409. The van der Waals surface area contributed by atoms with E-state index in [2.05, 4.69) is 13.8 Å². The van der Waals surface area contributed by atoms with Gasteiger partial charge in [-0.2, -0.15) is 0 Å². The number of rotatable bonds is 12. The average Bonchev–Trinajstić information content (AvgIpc) is 2.34. The molecule has 116 valence electrons. The van der Waals surface area contributed by atoms with Crippen LogP contribution in [0.2, 0.25) is 0 Å². The van der Waals surface area contributed by atoms with E-state index in [1.807, 2.05) is 0 Å². The van der Waals surface area contributed by atoms with Crippen LogP contribution < -0.4 is 0 Å². The molecule has 0 heterocycles. The largest absolute Gasteiger partial charge is 0.193 e. The molecule has 0 saturated heterocycles. The predicted octanol–water partition coefficient (Wildman–Crippen LogP) is 7.69. The zero-order chi connectivity index (χ0) is 14.6. The zero-order valence-electron chi connectivity index (χ0n) is 12.7. The maximum atomic E-state index is 6.11. The van der Waals surface area contributed by atoms with Crippen molar-refractivity contribution in [2.24, 2.45) is 5.92 Å². The molecule has 0 amide bonds. The van der Waals surface area contributed by atoms with Gasteiger partial charge in [0.25, 0.3) is 0 Å². The van der Waals surface area contributed by atoms with Crippen LogP contribution in [-0.2, 0) is 0 Å².